The third-order valence-electron chi connectivity index (χ3n) is 5.01. The fourth-order valence-corrected chi connectivity index (χ4v) is 4.62. The number of amides is 1. The molecule has 0 radical (unpaired) electrons. The molecule has 20 heavy (non-hydrogen) atoms. The molecule has 2 rings (SSSR count). The van der Waals surface area contributed by atoms with Gasteiger partial charge in [-0.05, 0) is 44.3 Å². The van der Waals surface area contributed by atoms with Crippen molar-refractivity contribution in [1.82, 2.24) is 5.32 Å². The Kier molecular flexibility index (Phi) is 5.79. The second kappa shape index (κ2) is 7.17. The van der Waals surface area contributed by atoms with Crippen molar-refractivity contribution in [2.24, 2.45) is 17.8 Å². The third kappa shape index (κ3) is 4.39. The van der Waals surface area contributed by atoms with Gasteiger partial charge >= 0.3 is 0 Å². The van der Waals surface area contributed by atoms with Crippen molar-refractivity contribution >= 4 is 17.7 Å². The number of carbonyl (C=O) groups excluding carboxylic acids is 1. The van der Waals surface area contributed by atoms with Crippen LogP contribution in [0.4, 0.5) is 0 Å². The minimum absolute atomic E-state index is 0.162. The molecule has 0 heterocycles. The Morgan fingerprint density at radius 1 is 1.25 bits per heavy atom. The number of rotatable bonds is 5. The Labute approximate surface area is 127 Å². The molecule has 116 valence electrons. The zero-order valence-electron chi connectivity index (χ0n) is 12.9. The molecular formula is C16H29NO2S. The molecule has 0 aromatic rings. The van der Waals surface area contributed by atoms with Gasteiger partial charge in [0.15, 0.2) is 0 Å². The molecule has 2 N–H and O–H groups in total. The Balaban J connectivity index is 1.78. The summed E-state index contributed by atoms with van der Waals surface area (Å²) in [4.78, 5) is 12.3. The highest BCUT2D eigenvalue weighted by molar-refractivity contribution is 7.98. The Hall–Kier alpha value is -0.220. The summed E-state index contributed by atoms with van der Waals surface area (Å²) in [6.45, 7) is 2.17. The van der Waals surface area contributed by atoms with Crippen LogP contribution in [0.1, 0.15) is 51.9 Å². The molecule has 0 aromatic heterocycles. The van der Waals surface area contributed by atoms with Crippen LogP contribution in [0.25, 0.3) is 0 Å². The fraction of sp³-hybridized carbons (Fsp3) is 0.938. The summed E-state index contributed by atoms with van der Waals surface area (Å²) in [5.41, 5.74) is -0.795. The molecule has 1 amide bonds. The van der Waals surface area contributed by atoms with Crippen LogP contribution in [-0.2, 0) is 4.79 Å². The van der Waals surface area contributed by atoms with Crippen molar-refractivity contribution in [2.75, 3.05) is 18.6 Å². The lowest BCUT2D eigenvalue weighted by Gasteiger charge is -2.39. The van der Waals surface area contributed by atoms with Crippen molar-refractivity contribution in [3.05, 3.63) is 0 Å². The van der Waals surface area contributed by atoms with Gasteiger partial charge in [0, 0.05) is 18.2 Å². The van der Waals surface area contributed by atoms with Gasteiger partial charge in [-0.15, -0.1) is 0 Å². The number of nitrogens with one attached hydrogen (secondary N) is 1. The van der Waals surface area contributed by atoms with Gasteiger partial charge in [0.05, 0.1) is 5.60 Å². The summed E-state index contributed by atoms with van der Waals surface area (Å²) >= 11 is 1.61. The van der Waals surface area contributed by atoms with Crippen LogP contribution in [-0.4, -0.2) is 35.2 Å². The van der Waals surface area contributed by atoms with Gasteiger partial charge < -0.3 is 10.4 Å². The lowest BCUT2D eigenvalue weighted by molar-refractivity contribution is -0.128. The topological polar surface area (TPSA) is 49.3 Å². The Bertz CT molecular complexity index is 332. The predicted octanol–water partition coefficient (Wildman–Crippen LogP) is 2.82. The minimum atomic E-state index is -0.795. The predicted molar refractivity (Wildman–Crippen MR) is 84.8 cm³/mol. The summed E-state index contributed by atoms with van der Waals surface area (Å²) in [6, 6.07) is 0. The molecule has 0 spiro atoms. The highest BCUT2D eigenvalue weighted by atomic mass is 32.2. The second-order valence-corrected chi connectivity index (χ2v) is 7.83. The first-order chi connectivity index (χ1) is 9.52. The second-order valence-electron chi connectivity index (χ2n) is 6.96. The number of hydrogen-bond donors (Lipinski definition) is 2. The van der Waals surface area contributed by atoms with E-state index in [9.17, 15) is 9.90 Å². The molecule has 0 saturated heterocycles. The van der Waals surface area contributed by atoms with Gasteiger partial charge in [-0.25, -0.2) is 0 Å². The monoisotopic (exact) mass is 299 g/mol. The molecule has 4 heteroatoms. The van der Waals surface area contributed by atoms with E-state index in [0.29, 0.717) is 12.3 Å². The lowest BCUT2D eigenvalue weighted by Crippen LogP contribution is -2.45. The van der Waals surface area contributed by atoms with Gasteiger partial charge in [-0.3, -0.25) is 4.79 Å². The molecule has 4 atom stereocenters. The van der Waals surface area contributed by atoms with Crippen LogP contribution < -0.4 is 5.32 Å². The van der Waals surface area contributed by atoms with E-state index in [2.05, 4.69) is 5.32 Å². The molecule has 2 fully saturated rings. The van der Waals surface area contributed by atoms with Crippen molar-refractivity contribution in [3.63, 3.8) is 0 Å². The van der Waals surface area contributed by atoms with E-state index in [1.54, 1.807) is 18.7 Å². The van der Waals surface area contributed by atoms with Crippen molar-refractivity contribution in [1.29, 1.82) is 0 Å². The summed E-state index contributed by atoms with van der Waals surface area (Å²) in [7, 11) is 0. The number of thioether (sulfide) groups is 1. The summed E-state index contributed by atoms with van der Waals surface area (Å²) in [5.74, 6) is 2.66. The van der Waals surface area contributed by atoms with E-state index >= 15 is 0 Å². The van der Waals surface area contributed by atoms with Crippen LogP contribution in [0.5, 0.6) is 0 Å². The molecule has 3 nitrogen and oxygen atoms in total. The molecule has 2 saturated carbocycles. The summed E-state index contributed by atoms with van der Waals surface area (Å²) < 4.78 is 0. The first kappa shape index (κ1) is 16.2. The SMILES string of the molecule is CSCC(C)(O)CNC(=O)C1CCC2CCCCC2C1. The first-order valence-corrected chi connectivity index (χ1v) is 9.40. The van der Waals surface area contributed by atoms with E-state index in [1.165, 1.54) is 32.1 Å². The molecule has 2 aliphatic rings. The quantitative estimate of drug-likeness (QED) is 0.821. The Morgan fingerprint density at radius 2 is 1.95 bits per heavy atom. The number of hydrogen-bond acceptors (Lipinski definition) is 3. The van der Waals surface area contributed by atoms with Crippen LogP contribution in [0.2, 0.25) is 0 Å². The maximum Gasteiger partial charge on any atom is 0.223 e. The van der Waals surface area contributed by atoms with Crippen molar-refractivity contribution in [3.8, 4) is 0 Å². The lowest BCUT2D eigenvalue weighted by atomic mass is 9.67. The minimum Gasteiger partial charge on any atom is -0.387 e. The highest BCUT2D eigenvalue weighted by Gasteiger charge is 2.35. The van der Waals surface area contributed by atoms with Gasteiger partial charge in [0.25, 0.3) is 0 Å². The maximum atomic E-state index is 12.3. The third-order valence-corrected chi connectivity index (χ3v) is 5.92. The van der Waals surface area contributed by atoms with E-state index in [-0.39, 0.29) is 11.8 Å². The summed E-state index contributed by atoms with van der Waals surface area (Å²) in [5, 5.41) is 13.1. The van der Waals surface area contributed by atoms with Crippen LogP contribution in [0, 0.1) is 17.8 Å². The zero-order valence-corrected chi connectivity index (χ0v) is 13.7. The van der Waals surface area contributed by atoms with Crippen LogP contribution >= 0.6 is 11.8 Å². The molecule has 0 aromatic carbocycles. The number of carbonyl (C=O) groups is 1. The molecule has 0 aliphatic heterocycles. The normalized spacial score (nSPS) is 33.0. The molecule has 0 bridgehead atoms. The van der Waals surface area contributed by atoms with Crippen molar-refractivity contribution < 1.29 is 9.90 Å². The summed E-state index contributed by atoms with van der Waals surface area (Å²) in [6.07, 6.45) is 10.7. The zero-order chi connectivity index (χ0) is 14.6. The van der Waals surface area contributed by atoms with Gasteiger partial charge in [-0.1, -0.05) is 25.7 Å². The molecule has 2 aliphatic carbocycles. The van der Waals surface area contributed by atoms with E-state index < -0.39 is 5.60 Å². The average molecular weight is 299 g/mol. The van der Waals surface area contributed by atoms with E-state index in [4.69, 9.17) is 0 Å². The van der Waals surface area contributed by atoms with E-state index in [0.717, 1.165) is 24.7 Å². The largest absolute Gasteiger partial charge is 0.387 e. The smallest absolute Gasteiger partial charge is 0.223 e. The van der Waals surface area contributed by atoms with E-state index in [1.807, 2.05) is 6.26 Å². The van der Waals surface area contributed by atoms with Crippen LogP contribution in [0.3, 0.4) is 0 Å². The number of aliphatic hydroxyl groups is 1. The molecular weight excluding hydrogens is 270 g/mol. The average Bonchev–Trinajstić information content (AvgIpc) is 2.44. The van der Waals surface area contributed by atoms with Crippen molar-refractivity contribution in [2.45, 2.75) is 57.5 Å². The van der Waals surface area contributed by atoms with Gasteiger partial charge in [0.2, 0.25) is 5.91 Å². The van der Waals surface area contributed by atoms with Crippen LogP contribution in [0.15, 0.2) is 0 Å². The maximum absolute atomic E-state index is 12.3. The Morgan fingerprint density at radius 3 is 2.65 bits per heavy atom. The van der Waals surface area contributed by atoms with Gasteiger partial charge in [-0.2, -0.15) is 11.8 Å². The van der Waals surface area contributed by atoms with Gasteiger partial charge in [0.1, 0.15) is 0 Å². The number of fused-ring (bicyclic) bond motifs is 1. The standard InChI is InChI=1S/C16H29NO2S/c1-16(19,11-20-2)10-17-15(18)14-8-7-12-5-3-4-6-13(12)9-14/h12-14,19H,3-11H2,1-2H3,(H,17,18). The molecule has 4 unspecified atom stereocenters. The first-order valence-electron chi connectivity index (χ1n) is 8.01. The highest BCUT2D eigenvalue weighted by Crippen LogP contribution is 2.42. The fourth-order valence-electron chi connectivity index (χ4n) is 3.90.